The van der Waals surface area contributed by atoms with Crippen LogP contribution in [0.15, 0.2) is 18.2 Å². The van der Waals surface area contributed by atoms with Gasteiger partial charge in [0, 0.05) is 25.7 Å². The Kier molecular flexibility index (Phi) is 4.31. The van der Waals surface area contributed by atoms with Gasteiger partial charge in [0.2, 0.25) is 0 Å². The summed E-state index contributed by atoms with van der Waals surface area (Å²) in [5, 5.41) is 14.3. The molecule has 5 nitrogen and oxygen atoms in total. The number of rotatable bonds is 4. The highest BCUT2D eigenvalue weighted by Crippen LogP contribution is 2.29. The molecule has 0 atom stereocenters. The van der Waals surface area contributed by atoms with Crippen molar-refractivity contribution in [2.45, 2.75) is 12.8 Å². The smallest absolute Gasteiger partial charge is 0.292 e. The lowest BCUT2D eigenvalue weighted by molar-refractivity contribution is -0.384. The van der Waals surface area contributed by atoms with Gasteiger partial charge in [0.05, 0.1) is 4.92 Å². The Morgan fingerprint density at radius 2 is 2.16 bits per heavy atom. The van der Waals surface area contributed by atoms with Crippen LogP contribution in [0.5, 0.6) is 0 Å². The van der Waals surface area contributed by atoms with Crippen LogP contribution in [0.25, 0.3) is 0 Å². The fraction of sp³-hybridized carbons (Fsp3) is 0.538. The molecule has 1 heterocycles. The van der Waals surface area contributed by atoms with E-state index in [1.54, 1.807) is 11.9 Å². The lowest BCUT2D eigenvalue weighted by atomic mass is 9.97. The van der Waals surface area contributed by atoms with E-state index in [1.165, 1.54) is 12.1 Å². The molecule has 0 saturated carbocycles. The van der Waals surface area contributed by atoms with Crippen LogP contribution in [0, 0.1) is 21.8 Å². The van der Waals surface area contributed by atoms with E-state index in [-0.39, 0.29) is 5.69 Å². The van der Waals surface area contributed by atoms with Crippen molar-refractivity contribution in [3.8, 4) is 0 Å². The fourth-order valence-electron chi connectivity index (χ4n) is 2.51. The lowest BCUT2D eigenvalue weighted by Crippen LogP contribution is -2.34. The van der Waals surface area contributed by atoms with Gasteiger partial charge in [0.25, 0.3) is 5.69 Å². The van der Waals surface area contributed by atoms with E-state index >= 15 is 0 Å². The summed E-state index contributed by atoms with van der Waals surface area (Å²) in [6.07, 6.45) is 2.10. The minimum atomic E-state index is -0.465. The van der Waals surface area contributed by atoms with Gasteiger partial charge in [-0.05, 0) is 37.9 Å². The Labute approximate surface area is 111 Å². The molecule has 6 heteroatoms. The van der Waals surface area contributed by atoms with E-state index in [0.29, 0.717) is 18.2 Å². The minimum absolute atomic E-state index is 0.0437. The normalized spacial score (nSPS) is 16.3. The van der Waals surface area contributed by atoms with E-state index in [4.69, 9.17) is 0 Å². The van der Waals surface area contributed by atoms with Crippen molar-refractivity contribution in [3.63, 3.8) is 0 Å². The highest BCUT2D eigenvalue weighted by molar-refractivity contribution is 5.62. The van der Waals surface area contributed by atoms with E-state index in [1.807, 2.05) is 0 Å². The summed E-state index contributed by atoms with van der Waals surface area (Å²) >= 11 is 0. The largest absolute Gasteiger partial charge is 0.369 e. The topological polar surface area (TPSA) is 58.4 Å². The zero-order chi connectivity index (χ0) is 13.8. The first-order chi connectivity index (χ1) is 9.08. The first-order valence-electron chi connectivity index (χ1n) is 6.43. The molecule has 104 valence electrons. The number of hydrogen-bond acceptors (Lipinski definition) is 4. The number of anilines is 1. The van der Waals surface area contributed by atoms with Crippen molar-refractivity contribution in [2.24, 2.45) is 5.92 Å². The standard InChI is InChI=1S/C13H18FN3O2/c1-16(9-10-4-6-15-7-5-10)13-8-11(14)2-3-12(13)17(18)19/h2-3,8,10,15H,4-7,9H2,1H3. The molecular weight excluding hydrogens is 249 g/mol. The van der Waals surface area contributed by atoms with Gasteiger partial charge in [-0.2, -0.15) is 0 Å². The zero-order valence-corrected chi connectivity index (χ0v) is 10.9. The van der Waals surface area contributed by atoms with Crippen LogP contribution in [0.2, 0.25) is 0 Å². The van der Waals surface area contributed by atoms with E-state index < -0.39 is 10.7 Å². The van der Waals surface area contributed by atoms with Gasteiger partial charge in [-0.25, -0.2) is 4.39 Å². The number of halogens is 1. The average Bonchev–Trinajstić information content (AvgIpc) is 2.39. The van der Waals surface area contributed by atoms with Crippen LogP contribution in [0.1, 0.15) is 12.8 Å². The molecule has 19 heavy (non-hydrogen) atoms. The van der Waals surface area contributed by atoms with Crippen LogP contribution >= 0.6 is 0 Å². The van der Waals surface area contributed by atoms with Crippen molar-refractivity contribution in [2.75, 3.05) is 31.6 Å². The maximum atomic E-state index is 13.3. The van der Waals surface area contributed by atoms with Gasteiger partial charge in [-0.3, -0.25) is 10.1 Å². The molecule has 0 amide bonds. The molecule has 1 aliphatic heterocycles. The predicted octanol–water partition coefficient (Wildman–Crippen LogP) is 2.17. The molecule has 1 aliphatic rings. The number of benzene rings is 1. The van der Waals surface area contributed by atoms with Gasteiger partial charge >= 0.3 is 0 Å². The predicted molar refractivity (Wildman–Crippen MR) is 71.9 cm³/mol. The maximum Gasteiger partial charge on any atom is 0.292 e. The Balaban J connectivity index is 2.14. The van der Waals surface area contributed by atoms with E-state index in [2.05, 4.69) is 5.32 Å². The molecule has 0 aliphatic carbocycles. The Morgan fingerprint density at radius 1 is 1.47 bits per heavy atom. The summed E-state index contributed by atoms with van der Waals surface area (Å²) in [5.41, 5.74) is 0.307. The second-order valence-electron chi connectivity index (χ2n) is 4.96. The zero-order valence-electron chi connectivity index (χ0n) is 10.9. The highest BCUT2D eigenvalue weighted by Gasteiger charge is 2.21. The Morgan fingerprint density at radius 3 is 2.79 bits per heavy atom. The second-order valence-corrected chi connectivity index (χ2v) is 4.96. The molecule has 1 saturated heterocycles. The molecule has 0 aromatic heterocycles. The lowest BCUT2D eigenvalue weighted by Gasteiger charge is -2.28. The van der Waals surface area contributed by atoms with E-state index in [9.17, 15) is 14.5 Å². The van der Waals surface area contributed by atoms with Gasteiger partial charge in [-0.1, -0.05) is 0 Å². The number of hydrogen-bond donors (Lipinski definition) is 1. The van der Waals surface area contributed by atoms with Gasteiger partial charge in [0.1, 0.15) is 11.5 Å². The van der Waals surface area contributed by atoms with Crippen molar-refractivity contribution >= 4 is 11.4 Å². The molecule has 0 unspecified atom stereocenters. The molecule has 1 aromatic rings. The number of nitrogens with zero attached hydrogens (tertiary/aromatic N) is 2. The first kappa shape index (κ1) is 13.7. The van der Waals surface area contributed by atoms with Crippen LogP contribution in [-0.4, -0.2) is 31.6 Å². The molecule has 0 bridgehead atoms. The van der Waals surface area contributed by atoms with Crippen molar-refractivity contribution < 1.29 is 9.31 Å². The summed E-state index contributed by atoms with van der Waals surface area (Å²) in [6.45, 7) is 2.67. The monoisotopic (exact) mass is 267 g/mol. The minimum Gasteiger partial charge on any atom is -0.369 e. The van der Waals surface area contributed by atoms with Gasteiger partial charge < -0.3 is 10.2 Å². The van der Waals surface area contributed by atoms with Crippen molar-refractivity contribution in [3.05, 3.63) is 34.1 Å². The quantitative estimate of drug-likeness (QED) is 0.671. The van der Waals surface area contributed by atoms with Crippen LogP contribution in [0.3, 0.4) is 0 Å². The SMILES string of the molecule is CN(CC1CCNCC1)c1cc(F)ccc1[N+](=O)[O-]. The van der Waals surface area contributed by atoms with Gasteiger partial charge in [-0.15, -0.1) is 0 Å². The third-order valence-corrected chi connectivity index (χ3v) is 3.54. The maximum absolute atomic E-state index is 13.3. The Bertz CT molecular complexity index is 461. The molecule has 1 fully saturated rings. The fourth-order valence-corrected chi connectivity index (χ4v) is 2.51. The summed E-state index contributed by atoms with van der Waals surface area (Å²) in [4.78, 5) is 12.3. The third-order valence-electron chi connectivity index (χ3n) is 3.54. The van der Waals surface area contributed by atoms with Crippen LogP contribution < -0.4 is 10.2 Å². The molecule has 1 aromatic carbocycles. The molecule has 0 radical (unpaired) electrons. The van der Waals surface area contributed by atoms with E-state index in [0.717, 1.165) is 32.0 Å². The second kappa shape index (κ2) is 5.97. The number of nitro benzene ring substituents is 1. The molecule has 2 rings (SSSR count). The number of nitrogens with one attached hydrogen (secondary N) is 1. The number of piperidine rings is 1. The average molecular weight is 267 g/mol. The van der Waals surface area contributed by atoms with Crippen LogP contribution in [0.4, 0.5) is 15.8 Å². The van der Waals surface area contributed by atoms with Gasteiger partial charge in [0.15, 0.2) is 0 Å². The first-order valence-corrected chi connectivity index (χ1v) is 6.43. The van der Waals surface area contributed by atoms with Crippen LogP contribution in [-0.2, 0) is 0 Å². The highest BCUT2D eigenvalue weighted by atomic mass is 19.1. The molecule has 0 spiro atoms. The Hall–Kier alpha value is -1.69. The summed E-state index contributed by atoms with van der Waals surface area (Å²) in [7, 11) is 1.78. The summed E-state index contributed by atoms with van der Waals surface area (Å²) < 4.78 is 13.3. The third kappa shape index (κ3) is 3.41. The van der Waals surface area contributed by atoms with Crippen molar-refractivity contribution in [1.29, 1.82) is 0 Å². The summed E-state index contributed by atoms with van der Waals surface area (Å²) in [6, 6.07) is 3.59. The molecular formula is C13H18FN3O2. The number of nitro groups is 1. The molecule has 1 N–H and O–H groups in total. The van der Waals surface area contributed by atoms with Crippen molar-refractivity contribution in [1.82, 2.24) is 5.32 Å². The summed E-state index contributed by atoms with van der Waals surface area (Å²) in [5.74, 6) is 0.0480.